The Morgan fingerprint density at radius 2 is 1.94 bits per heavy atom. The highest BCUT2D eigenvalue weighted by Gasteiger charge is 2.23. The smallest absolute Gasteiger partial charge is 0.126 e. The normalized spacial score (nSPS) is 25.4. The molecular weight excluding hydrogens is 261 g/mol. The minimum atomic E-state index is -0.445. The number of aliphatic hydroxyl groups excluding tert-OH is 1. The van der Waals surface area contributed by atoms with Crippen LogP contribution in [0.4, 0.5) is 0 Å². The second-order valence-electron chi connectivity index (χ2n) is 4.13. The van der Waals surface area contributed by atoms with Gasteiger partial charge in [0.05, 0.1) is 16.1 Å². The SMILES string of the molecule is O[C@H]1CCNCC[C@@H]1Oc1ccc(Cl)c(Cl)c1. The third kappa shape index (κ3) is 3.49. The molecule has 1 aliphatic heterocycles. The van der Waals surface area contributed by atoms with Gasteiger partial charge in [-0.15, -0.1) is 0 Å². The summed E-state index contributed by atoms with van der Waals surface area (Å²) in [6.07, 6.45) is 0.842. The summed E-state index contributed by atoms with van der Waals surface area (Å²) in [6, 6.07) is 5.13. The summed E-state index contributed by atoms with van der Waals surface area (Å²) in [5.74, 6) is 0.644. The molecule has 3 nitrogen and oxygen atoms in total. The number of hydrogen-bond donors (Lipinski definition) is 2. The molecule has 0 amide bonds. The fourth-order valence-electron chi connectivity index (χ4n) is 1.86. The summed E-state index contributed by atoms with van der Waals surface area (Å²) in [7, 11) is 0. The Morgan fingerprint density at radius 1 is 1.18 bits per heavy atom. The molecule has 1 saturated heterocycles. The van der Waals surface area contributed by atoms with Crippen molar-refractivity contribution in [3.05, 3.63) is 28.2 Å². The van der Waals surface area contributed by atoms with Gasteiger partial charge in [-0.1, -0.05) is 23.2 Å². The molecular formula is C12H15Cl2NO2. The summed E-state index contributed by atoms with van der Waals surface area (Å²) in [6.45, 7) is 1.67. The molecule has 1 aromatic carbocycles. The van der Waals surface area contributed by atoms with Crippen LogP contribution in [0.15, 0.2) is 18.2 Å². The van der Waals surface area contributed by atoms with Gasteiger partial charge in [0.1, 0.15) is 11.9 Å². The molecule has 94 valence electrons. The second kappa shape index (κ2) is 5.91. The predicted octanol–water partition coefficient (Wildman–Crippen LogP) is 2.49. The van der Waals surface area contributed by atoms with Crippen LogP contribution < -0.4 is 10.1 Å². The molecule has 0 radical (unpaired) electrons. The highest BCUT2D eigenvalue weighted by atomic mass is 35.5. The Morgan fingerprint density at radius 3 is 2.71 bits per heavy atom. The average Bonchev–Trinajstić information content (AvgIpc) is 2.50. The topological polar surface area (TPSA) is 41.5 Å². The van der Waals surface area contributed by atoms with Crippen molar-refractivity contribution < 1.29 is 9.84 Å². The van der Waals surface area contributed by atoms with Gasteiger partial charge in [-0.3, -0.25) is 0 Å². The zero-order valence-corrected chi connectivity index (χ0v) is 10.8. The molecule has 1 aliphatic rings. The van der Waals surface area contributed by atoms with E-state index in [2.05, 4.69) is 5.32 Å². The van der Waals surface area contributed by atoms with Crippen molar-refractivity contribution >= 4 is 23.2 Å². The van der Waals surface area contributed by atoms with E-state index in [0.717, 1.165) is 19.5 Å². The molecule has 0 aliphatic carbocycles. The van der Waals surface area contributed by atoms with Crippen LogP contribution in [0, 0.1) is 0 Å². The summed E-state index contributed by atoms with van der Waals surface area (Å²) in [5.41, 5.74) is 0. The fraction of sp³-hybridized carbons (Fsp3) is 0.500. The molecule has 5 heteroatoms. The first-order valence-corrected chi connectivity index (χ1v) is 6.43. The summed E-state index contributed by atoms with van der Waals surface area (Å²) in [4.78, 5) is 0. The van der Waals surface area contributed by atoms with Crippen molar-refractivity contribution in [3.63, 3.8) is 0 Å². The number of rotatable bonds is 2. The third-order valence-electron chi connectivity index (χ3n) is 2.83. The van der Waals surface area contributed by atoms with Crippen LogP contribution in [0.3, 0.4) is 0 Å². The van der Waals surface area contributed by atoms with E-state index < -0.39 is 6.10 Å². The predicted molar refractivity (Wildman–Crippen MR) is 69.0 cm³/mol. The maximum atomic E-state index is 9.91. The van der Waals surface area contributed by atoms with E-state index in [1.54, 1.807) is 18.2 Å². The van der Waals surface area contributed by atoms with Crippen molar-refractivity contribution in [1.29, 1.82) is 0 Å². The Bertz CT molecular complexity index is 387. The Labute approximate surface area is 111 Å². The number of nitrogens with one attached hydrogen (secondary N) is 1. The maximum absolute atomic E-state index is 9.91. The van der Waals surface area contributed by atoms with Crippen LogP contribution in [-0.2, 0) is 0 Å². The number of aliphatic hydroxyl groups is 1. The molecule has 2 N–H and O–H groups in total. The highest BCUT2D eigenvalue weighted by Crippen LogP contribution is 2.27. The largest absolute Gasteiger partial charge is 0.488 e. The molecule has 0 saturated carbocycles. The first-order valence-electron chi connectivity index (χ1n) is 5.67. The van der Waals surface area contributed by atoms with Gasteiger partial charge in [-0.25, -0.2) is 0 Å². The van der Waals surface area contributed by atoms with Crippen molar-refractivity contribution in [1.82, 2.24) is 5.32 Å². The Kier molecular flexibility index (Phi) is 4.51. The van der Waals surface area contributed by atoms with Crippen LogP contribution in [0.25, 0.3) is 0 Å². The fourth-order valence-corrected chi connectivity index (χ4v) is 2.15. The van der Waals surface area contributed by atoms with Gasteiger partial charge < -0.3 is 15.2 Å². The van der Waals surface area contributed by atoms with Crippen LogP contribution in [0.2, 0.25) is 10.0 Å². The van der Waals surface area contributed by atoms with Crippen LogP contribution >= 0.6 is 23.2 Å². The molecule has 1 fully saturated rings. The lowest BCUT2D eigenvalue weighted by atomic mass is 10.1. The molecule has 2 atom stereocenters. The molecule has 0 bridgehead atoms. The van der Waals surface area contributed by atoms with E-state index in [1.165, 1.54) is 0 Å². The van der Waals surface area contributed by atoms with Gasteiger partial charge in [0, 0.05) is 6.07 Å². The first kappa shape index (κ1) is 13.0. The minimum absolute atomic E-state index is 0.192. The summed E-state index contributed by atoms with van der Waals surface area (Å²) < 4.78 is 5.75. The van der Waals surface area contributed by atoms with Crippen LogP contribution in [0.5, 0.6) is 5.75 Å². The molecule has 2 rings (SSSR count). The maximum Gasteiger partial charge on any atom is 0.126 e. The Balaban J connectivity index is 2.05. The van der Waals surface area contributed by atoms with E-state index in [-0.39, 0.29) is 6.10 Å². The number of benzene rings is 1. The lowest BCUT2D eigenvalue weighted by Crippen LogP contribution is -2.31. The standard InChI is InChI=1S/C12H15Cl2NO2/c13-9-2-1-8(7-10(9)14)17-12-4-6-15-5-3-11(12)16/h1-2,7,11-12,15-16H,3-6H2/t11-,12-/m0/s1. The molecule has 0 aromatic heterocycles. The average molecular weight is 276 g/mol. The zero-order chi connectivity index (χ0) is 12.3. The second-order valence-corrected chi connectivity index (χ2v) is 4.94. The van der Waals surface area contributed by atoms with Gasteiger partial charge in [0.15, 0.2) is 0 Å². The van der Waals surface area contributed by atoms with E-state index in [0.29, 0.717) is 22.2 Å². The number of halogens is 2. The van der Waals surface area contributed by atoms with Crippen molar-refractivity contribution in [2.75, 3.05) is 13.1 Å². The monoisotopic (exact) mass is 275 g/mol. The number of ether oxygens (including phenoxy) is 1. The van der Waals surface area contributed by atoms with Crippen molar-refractivity contribution in [3.8, 4) is 5.75 Å². The third-order valence-corrected chi connectivity index (χ3v) is 3.57. The van der Waals surface area contributed by atoms with E-state index in [1.807, 2.05) is 0 Å². The molecule has 0 spiro atoms. The Hall–Kier alpha value is -0.480. The summed E-state index contributed by atoms with van der Waals surface area (Å²) >= 11 is 11.7. The quantitative estimate of drug-likeness (QED) is 0.872. The van der Waals surface area contributed by atoms with Crippen molar-refractivity contribution in [2.45, 2.75) is 25.0 Å². The van der Waals surface area contributed by atoms with Crippen molar-refractivity contribution in [2.24, 2.45) is 0 Å². The van der Waals surface area contributed by atoms with Gasteiger partial charge in [-0.05, 0) is 38.1 Å². The zero-order valence-electron chi connectivity index (χ0n) is 9.33. The molecule has 1 heterocycles. The molecule has 17 heavy (non-hydrogen) atoms. The lowest BCUT2D eigenvalue weighted by molar-refractivity contribution is 0.0350. The minimum Gasteiger partial charge on any atom is -0.488 e. The highest BCUT2D eigenvalue weighted by molar-refractivity contribution is 6.42. The van der Waals surface area contributed by atoms with Crippen LogP contribution in [-0.4, -0.2) is 30.4 Å². The van der Waals surface area contributed by atoms with Crippen LogP contribution in [0.1, 0.15) is 12.8 Å². The van der Waals surface area contributed by atoms with E-state index in [9.17, 15) is 5.11 Å². The first-order chi connectivity index (χ1) is 8.16. The number of hydrogen-bond acceptors (Lipinski definition) is 3. The molecule has 0 unspecified atom stereocenters. The van der Waals surface area contributed by atoms with Gasteiger partial charge in [0.25, 0.3) is 0 Å². The van der Waals surface area contributed by atoms with E-state index in [4.69, 9.17) is 27.9 Å². The van der Waals surface area contributed by atoms with Gasteiger partial charge in [-0.2, -0.15) is 0 Å². The van der Waals surface area contributed by atoms with Gasteiger partial charge >= 0.3 is 0 Å². The summed E-state index contributed by atoms with van der Waals surface area (Å²) in [5, 5.41) is 14.1. The van der Waals surface area contributed by atoms with Gasteiger partial charge in [0.2, 0.25) is 0 Å². The molecule has 1 aromatic rings. The lowest BCUT2D eigenvalue weighted by Gasteiger charge is -2.21. The van der Waals surface area contributed by atoms with E-state index >= 15 is 0 Å².